The summed E-state index contributed by atoms with van der Waals surface area (Å²) in [6, 6.07) is 15.3. The highest BCUT2D eigenvalue weighted by molar-refractivity contribution is 6.02. The highest BCUT2D eigenvalue weighted by Crippen LogP contribution is 2.29. The number of nitriles is 1. The van der Waals surface area contributed by atoms with E-state index in [2.05, 4.69) is 11.2 Å². The molecular formula is C20H18N4O. The molecule has 0 atom stereocenters. The summed E-state index contributed by atoms with van der Waals surface area (Å²) in [5.41, 5.74) is 3.42. The van der Waals surface area contributed by atoms with Crippen LogP contribution in [0.25, 0.3) is 16.8 Å². The lowest BCUT2D eigenvalue weighted by Gasteiger charge is -2.27. The number of amides is 1. The number of carbonyl (C=O) groups is 1. The summed E-state index contributed by atoms with van der Waals surface area (Å²) in [5.74, 6) is -0.00374. The molecule has 1 saturated heterocycles. The summed E-state index contributed by atoms with van der Waals surface area (Å²) < 4.78 is 1.78. The van der Waals surface area contributed by atoms with E-state index in [1.807, 2.05) is 35.2 Å². The van der Waals surface area contributed by atoms with Crippen LogP contribution in [-0.4, -0.2) is 33.5 Å². The van der Waals surface area contributed by atoms with Gasteiger partial charge < -0.3 is 4.90 Å². The molecule has 0 spiro atoms. The Labute approximate surface area is 146 Å². The zero-order chi connectivity index (χ0) is 17.2. The lowest BCUT2D eigenvalue weighted by Crippen LogP contribution is -2.36. The summed E-state index contributed by atoms with van der Waals surface area (Å²) >= 11 is 0. The Morgan fingerprint density at radius 1 is 1.04 bits per heavy atom. The molecule has 3 heterocycles. The van der Waals surface area contributed by atoms with Gasteiger partial charge in [0, 0.05) is 18.7 Å². The number of fused-ring (bicyclic) bond motifs is 1. The Morgan fingerprint density at radius 2 is 1.84 bits per heavy atom. The molecule has 4 rings (SSSR count). The van der Waals surface area contributed by atoms with Crippen molar-refractivity contribution in [2.75, 3.05) is 13.1 Å². The molecule has 1 fully saturated rings. The molecule has 1 aliphatic heterocycles. The summed E-state index contributed by atoms with van der Waals surface area (Å²) in [5, 5.41) is 14.0. The highest BCUT2D eigenvalue weighted by Gasteiger charge is 2.24. The van der Waals surface area contributed by atoms with Gasteiger partial charge in [-0.25, -0.2) is 4.52 Å². The third-order valence-corrected chi connectivity index (χ3v) is 4.74. The summed E-state index contributed by atoms with van der Waals surface area (Å²) in [7, 11) is 0. The maximum atomic E-state index is 13.1. The molecule has 5 heteroatoms. The number of benzene rings is 1. The van der Waals surface area contributed by atoms with Crippen LogP contribution >= 0.6 is 0 Å². The molecule has 124 valence electrons. The standard InChI is InChI=1S/C20H18N4O/c21-14-15-6-4-8-17(20(25)23-12-2-1-3-13-23)19(15)18-9-5-7-16-10-11-22-24(16)18/h4-11H,1-3,12-13H2. The Balaban J connectivity index is 1.91. The van der Waals surface area contributed by atoms with Gasteiger partial charge in [0.2, 0.25) is 0 Å². The number of hydrogen-bond acceptors (Lipinski definition) is 3. The minimum atomic E-state index is -0.00374. The first kappa shape index (κ1) is 15.4. The molecule has 25 heavy (non-hydrogen) atoms. The monoisotopic (exact) mass is 330 g/mol. The van der Waals surface area contributed by atoms with Crippen LogP contribution in [-0.2, 0) is 0 Å². The van der Waals surface area contributed by atoms with Crippen LogP contribution in [0, 0.1) is 11.3 Å². The lowest BCUT2D eigenvalue weighted by molar-refractivity contribution is 0.0725. The first-order valence-corrected chi connectivity index (χ1v) is 8.55. The van der Waals surface area contributed by atoms with E-state index < -0.39 is 0 Å². The van der Waals surface area contributed by atoms with Crippen LogP contribution in [0.3, 0.4) is 0 Å². The molecule has 0 N–H and O–H groups in total. The smallest absolute Gasteiger partial charge is 0.254 e. The van der Waals surface area contributed by atoms with Gasteiger partial charge in [0.15, 0.2) is 0 Å². The van der Waals surface area contributed by atoms with Crippen molar-refractivity contribution in [3.63, 3.8) is 0 Å². The van der Waals surface area contributed by atoms with Gasteiger partial charge in [0.1, 0.15) is 0 Å². The van der Waals surface area contributed by atoms with Crippen LogP contribution in [0.5, 0.6) is 0 Å². The van der Waals surface area contributed by atoms with Gasteiger partial charge in [-0.2, -0.15) is 10.4 Å². The van der Waals surface area contributed by atoms with Gasteiger partial charge in [0.25, 0.3) is 5.91 Å². The van der Waals surface area contributed by atoms with E-state index in [1.165, 1.54) is 6.42 Å². The van der Waals surface area contributed by atoms with Gasteiger partial charge in [-0.3, -0.25) is 4.79 Å². The van der Waals surface area contributed by atoms with Gasteiger partial charge in [-0.15, -0.1) is 0 Å². The van der Waals surface area contributed by atoms with Crippen LogP contribution in [0.1, 0.15) is 35.2 Å². The predicted octanol–water partition coefficient (Wildman–Crippen LogP) is 3.50. The fraction of sp³-hybridized carbons (Fsp3) is 0.250. The quantitative estimate of drug-likeness (QED) is 0.722. The molecule has 1 aliphatic rings. The van der Waals surface area contributed by atoms with Crippen LogP contribution in [0.2, 0.25) is 0 Å². The van der Waals surface area contributed by atoms with Crippen molar-refractivity contribution < 1.29 is 4.79 Å². The molecule has 0 unspecified atom stereocenters. The minimum absolute atomic E-state index is 0.00374. The molecule has 0 radical (unpaired) electrons. The zero-order valence-corrected chi connectivity index (χ0v) is 13.9. The Kier molecular flexibility index (Phi) is 3.95. The van der Waals surface area contributed by atoms with Crippen molar-refractivity contribution in [3.05, 3.63) is 59.8 Å². The maximum absolute atomic E-state index is 13.1. The van der Waals surface area contributed by atoms with Gasteiger partial charge in [-0.05, 0) is 49.6 Å². The van der Waals surface area contributed by atoms with E-state index in [9.17, 15) is 10.1 Å². The molecule has 0 bridgehead atoms. The van der Waals surface area contributed by atoms with Gasteiger partial charge in [-0.1, -0.05) is 12.1 Å². The van der Waals surface area contributed by atoms with Gasteiger partial charge in [0.05, 0.1) is 34.6 Å². The second-order valence-electron chi connectivity index (χ2n) is 6.27. The number of hydrogen-bond donors (Lipinski definition) is 0. The van der Waals surface area contributed by atoms with E-state index in [-0.39, 0.29) is 5.91 Å². The Hall–Kier alpha value is -3.13. The second kappa shape index (κ2) is 6.40. The molecule has 5 nitrogen and oxygen atoms in total. The van der Waals surface area contributed by atoms with Gasteiger partial charge >= 0.3 is 0 Å². The number of likely N-dealkylation sites (tertiary alicyclic amines) is 1. The van der Waals surface area contributed by atoms with Crippen molar-refractivity contribution in [1.29, 1.82) is 5.26 Å². The van der Waals surface area contributed by atoms with E-state index in [0.717, 1.165) is 37.1 Å². The third-order valence-electron chi connectivity index (χ3n) is 4.74. The van der Waals surface area contributed by atoms with E-state index in [0.29, 0.717) is 16.7 Å². The number of aromatic nitrogens is 2. The summed E-state index contributed by atoms with van der Waals surface area (Å²) in [6.07, 6.45) is 4.96. The lowest BCUT2D eigenvalue weighted by atomic mass is 9.96. The predicted molar refractivity (Wildman–Crippen MR) is 95.1 cm³/mol. The summed E-state index contributed by atoms with van der Waals surface area (Å²) in [4.78, 5) is 15.0. The van der Waals surface area contributed by atoms with E-state index >= 15 is 0 Å². The molecule has 3 aromatic rings. The van der Waals surface area contributed by atoms with Crippen molar-refractivity contribution >= 4 is 11.4 Å². The highest BCUT2D eigenvalue weighted by atomic mass is 16.2. The Morgan fingerprint density at radius 3 is 2.64 bits per heavy atom. The first-order valence-electron chi connectivity index (χ1n) is 8.55. The van der Waals surface area contributed by atoms with Crippen LogP contribution in [0.4, 0.5) is 0 Å². The number of nitrogens with zero attached hydrogens (tertiary/aromatic N) is 4. The SMILES string of the molecule is N#Cc1cccc(C(=O)N2CCCCC2)c1-c1cccc2ccnn12. The number of rotatable bonds is 2. The van der Waals surface area contributed by atoms with Crippen LogP contribution < -0.4 is 0 Å². The molecule has 0 saturated carbocycles. The number of piperidine rings is 1. The fourth-order valence-electron chi connectivity index (χ4n) is 3.51. The average Bonchev–Trinajstić information content (AvgIpc) is 3.16. The number of pyridine rings is 1. The Bertz CT molecular complexity index is 977. The maximum Gasteiger partial charge on any atom is 0.254 e. The van der Waals surface area contributed by atoms with Crippen LogP contribution in [0.15, 0.2) is 48.7 Å². The normalized spacial score (nSPS) is 14.4. The first-order chi connectivity index (χ1) is 12.3. The summed E-state index contributed by atoms with van der Waals surface area (Å²) in [6.45, 7) is 1.56. The van der Waals surface area contributed by atoms with E-state index in [1.54, 1.807) is 22.8 Å². The molecule has 1 amide bonds. The van der Waals surface area contributed by atoms with E-state index in [4.69, 9.17) is 0 Å². The minimum Gasteiger partial charge on any atom is -0.339 e. The zero-order valence-electron chi connectivity index (χ0n) is 13.9. The topological polar surface area (TPSA) is 61.4 Å². The third kappa shape index (κ3) is 2.66. The molecular weight excluding hydrogens is 312 g/mol. The van der Waals surface area contributed by atoms with Crippen molar-refractivity contribution in [2.24, 2.45) is 0 Å². The van der Waals surface area contributed by atoms with Crippen molar-refractivity contribution in [1.82, 2.24) is 14.5 Å². The second-order valence-corrected chi connectivity index (χ2v) is 6.27. The average molecular weight is 330 g/mol. The molecule has 2 aromatic heterocycles. The van der Waals surface area contributed by atoms with Crippen molar-refractivity contribution in [2.45, 2.75) is 19.3 Å². The number of carbonyl (C=O) groups excluding carboxylic acids is 1. The molecule has 1 aromatic carbocycles. The fourth-order valence-corrected chi connectivity index (χ4v) is 3.51. The van der Waals surface area contributed by atoms with Crippen molar-refractivity contribution in [3.8, 4) is 17.3 Å². The molecule has 0 aliphatic carbocycles. The largest absolute Gasteiger partial charge is 0.339 e.